The van der Waals surface area contributed by atoms with Gasteiger partial charge in [0, 0.05) is 44.2 Å². The molecule has 0 saturated carbocycles. The van der Waals surface area contributed by atoms with E-state index in [1.54, 1.807) is 28.8 Å². The van der Waals surface area contributed by atoms with Crippen LogP contribution < -0.4 is 22.3 Å². The molecule has 6 unspecified atom stereocenters. The maximum atomic E-state index is 14.6. The molecular weight excluding hydrogens is 699 g/mol. The van der Waals surface area contributed by atoms with Crippen LogP contribution in [0.1, 0.15) is 31.4 Å². The van der Waals surface area contributed by atoms with Crippen LogP contribution >= 0.6 is 18.2 Å². The molecule has 3 aromatic heterocycles. The highest BCUT2D eigenvalue weighted by atomic mass is 32.7. The van der Waals surface area contributed by atoms with Gasteiger partial charge in [0.2, 0.25) is 5.91 Å². The molecule has 2 saturated heterocycles. The molecule has 0 radical (unpaired) electrons. The molecule has 1 amide bonds. The number of amides is 1. The number of aliphatic hydroxyl groups excluding tert-OH is 2. The third kappa shape index (κ3) is 7.68. The maximum Gasteiger partial charge on any atom is 0.389 e. The Morgan fingerprint density at radius 2 is 1.92 bits per heavy atom. The number of aromatic nitrogens is 6. The smallest absolute Gasteiger partial charge is 0.389 e. The number of rotatable bonds is 13. The summed E-state index contributed by atoms with van der Waals surface area (Å²) < 4.78 is 47.0. The number of nitrogens with zero attached hydrogens (tertiary/aromatic N) is 5. The van der Waals surface area contributed by atoms with Crippen molar-refractivity contribution in [3.05, 3.63) is 75.6 Å². The molecule has 2 aliphatic rings. The van der Waals surface area contributed by atoms with Crippen LogP contribution in [0.2, 0.25) is 0 Å². The van der Waals surface area contributed by atoms with Crippen molar-refractivity contribution >= 4 is 46.8 Å². The summed E-state index contributed by atoms with van der Waals surface area (Å²) in [5.74, 6) is 0.0722. The van der Waals surface area contributed by atoms with E-state index in [0.717, 1.165) is 22.0 Å². The molecule has 2 aliphatic heterocycles. The molecule has 0 aliphatic carbocycles. The van der Waals surface area contributed by atoms with Crippen LogP contribution in [0, 0.1) is 0 Å². The Morgan fingerprint density at radius 1 is 1.14 bits per heavy atom. The van der Waals surface area contributed by atoms with E-state index in [2.05, 4.69) is 25.3 Å². The lowest BCUT2D eigenvalue weighted by molar-refractivity contribution is -0.114. The molecule has 50 heavy (non-hydrogen) atoms. The van der Waals surface area contributed by atoms with Crippen molar-refractivity contribution in [1.29, 1.82) is 0 Å². The highest BCUT2D eigenvalue weighted by Gasteiger charge is 2.51. The van der Waals surface area contributed by atoms with Gasteiger partial charge in [-0.25, -0.2) is 24.3 Å². The fraction of sp³-hybridized carbons (Fsp3) is 0.448. The number of imidazole rings is 1. The van der Waals surface area contributed by atoms with E-state index in [1.165, 1.54) is 32.9 Å². The van der Waals surface area contributed by atoms with Gasteiger partial charge in [0.25, 0.3) is 5.56 Å². The van der Waals surface area contributed by atoms with E-state index < -0.39 is 67.6 Å². The Bertz CT molecular complexity index is 1990. The molecule has 21 heteroatoms. The van der Waals surface area contributed by atoms with Gasteiger partial charge in [-0.05, 0) is 29.1 Å². The summed E-state index contributed by atoms with van der Waals surface area (Å²) in [6, 6.07) is 7.95. The predicted octanol–water partition coefficient (Wildman–Crippen LogP) is 0.913. The van der Waals surface area contributed by atoms with Crippen LogP contribution in [0.4, 0.5) is 11.5 Å². The first kappa shape index (κ1) is 35.8. The molecule has 19 nitrogen and oxygen atoms in total. The minimum absolute atomic E-state index is 0.119. The van der Waals surface area contributed by atoms with Crippen LogP contribution in [0.3, 0.4) is 0 Å². The van der Waals surface area contributed by atoms with E-state index in [1.807, 2.05) is 0 Å². The molecule has 6 N–H and O–H groups in total. The number of aromatic amines is 1. The zero-order chi connectivity index (χ0) is 35.6. The highest BCUT2D eigenvalue weighted by molar-refractivity contribution is 8.54. The summed E-state index contributed by atoms with van der Waals surface area (Å²) in [4.78, 5) is 50.3. The molecule has 5 heterocycles. The minimum atomic E-state index is -4.23. The SMILES string of the molecule is COC1C(OP(=O)(OCC2O[C@@H](n3cnc4c(N)ncnc43)C[C@H]2O)SCc2ccc(NC(C)=O)cc2)C(CO)OC1n1ccc(=O)[nH]c1=O. The lowest BCUT2D eigenvalue weighted by atomic mass is 10.1. The Balaban J connectivity index is 1.22. The molecule has 4 aromatic rings. The third-order valence-corrected chi connectivity index (χ3v) is 11.7. The minimum Gasteiger partial charge on any atom is -0.394 e. The fourth-order valence-corrected chi connectivity index (χ4v) is 9.04. The number of benzene rings is 1. The van der Waals surface area contributed by atoms with Crippen molar-refractivity contribution in [2.75, 3.05) is 31.4 Å². The topological polar surface area (TPSA) is 257 Å². The van der Waals surface area contributed by atoms with Gasteiger partial charge < -0.3 is 35.5 Å². The van der Waals surface area contributed by atoms with Gasteiger partial charge in [-0.15, -0.1) is 0 Å². The zero-order valence-corrected chi connectivity index (χ0v) is 28.4. The second-order valence-corrected chi connectivity index (χ2v) is 15.5. The molecule has 8 atom stereocenters. The standard InChI is InChI=1S/C29H35N8O11PS/c1-15(39)34-17-5-3-16(4-6-17)12-50-49(43,48-24-19(10-38)47-28(25(24)44-2)36-8-7-21(41)35-29(36)42)45-11-20-18(40)9-22(46-20)37-14-33-23-26(30)31-13-32-27(23)37/h3-8,13-14,18-20,22,24-25,28,38,40H,9-12H2,1-2H3,(H,34,39)(H2,30,31,32)(H,35,41,42)/t18-,19?,20?,22-,24?,25?,28?,49?/m1/s1. The number of anilines is 2. The molecule has 0 spiro atoms. The third-order valence-electron chi connectivity index (χ3n) is 8.08. The van der Waals surface area contributed by atoms with E-state index in [0.29, 0.717) is 22.4 Å². The first-order valence-electron chi connectivity index (χ1n) is 15.3. The van der Waals surface area contributed by atoms with Crippen molar-refractivity contribution in [3.8, 4) is 0 Å². The fourth-order valence-electron chi connectivity index (χ4n) is 5.65. The van der Waals surface area contributed by atoms with Gasteiger partial charge in [-0.3, -0.25) is 32.8 Å². The molecule has 0 bridgehead atoms. The summed E-state index contributed by atoms with van der Waals surface area (Å²) in [6.07, 6.45) is -3.20. The summed E-state index contributed by atoms with van der Waals surface area (Å²) >= 11 is 0.829. The van der Waals surface area contributed by atoms with E-state index in [-0.39, 0.29) is 30.5 Å². The van der Waals surface area contributed by atoms with Crippen LogP contribution in [0.25, 0.3) is 11.2 Å². The van der Waals surface area contributed by atoms with Gasteiger partial charge in [0.15, 0.2) is 17.7 Å². The van der Waals surface area contributed by atoms with Crippen LogP contribution in [-0.4, -0.2) is 96.0 Å². The second-order valence-electron chi connectivity index (χ2n) is 11.4. The monoisotopic (exact) mass is 734 g/mol. The Morgan fingerprint density at radius 3 is 2.62 bits per heavy atom. The van der Waals surface area contributed by atoms with E-state index >= 15 is 0 Å². The van der Waals surface area contributed by atoms with Gasteiger partial charge in [0.05, 0.1) is 25.6 Å². The van der Waals surface area contributed by atoms with E-state index in [9.17, 15) is 29.2 Å². The number of carbonyl (C=O) groups is 1. The number of aliphatic hydroxyl groups is 2. The number of carbonyl (C=O) groups excluding carboxylic acids is 1. The molecular formula is C29H35N8O11PS. The Hall–Kier alpha value is -3.98. The van der Waals surface area contributed by atoms with E-state index in [4.69, 9.17) is 29.0 Å². The number of ether oxygens (including phenoxy) is 3. The van der Waals surface area contributed by atoms with Crippen LogP contribution in [-0.2, 0) is 38.4 Å². The number of nitrogens with one attached hydrogen (secondary N) is 2. The highest BCUT2D eigenvalue weighted by Crippen LogP contribution is 2.64. The lowest BCUT2D eigenvalue weighted by Crippen LogP contribution is -2.39. The number of methoxy groups -OCH3 is 1. The van der Waals surface area contributed by atoms with Crippen molar-refractivity contribution < 1.29 is 42.8 Å². The second kappa shape index (κ2) is 15.1. The van der Waals surface area contributed by atoms with Crippen molar-refractivity contribution in [2.24, 2.45) is 0 Å². The summed E-state index contributed by atoms with van der Waals surface area (Å²) in [6.45, 7) is -3.81. The maximum absolute atomic E-state index is 14.6. The van der Waals surface area contributed by atoms with Gasteiger partial charge in [-0.2, -0.15) is 0 Å². The number of H-pyrrole nitrogens is 1. The van der Waals surface area contributed by atoms with Crippen molar-refractivity contribution in [2.45, 2.75) is 62.1 Å². The molecule has 268 valence electrons. The Labute approximate surface area is 287 Å². The number of fused-ring (bicyclic) bond motifs is 1. The Kier molecular flexibility index (Phi) is 10.8. The summed E-state index contributed by atoms with van der Waals surface area (Å²) in [5, 5.41) is 23.8. The summed E-state index contributed by atoms with van der Waals surface area (Å²) in [5.41, 5.74) is 6.56. The molecule has 2 fully saturated rings. The first-order chi connectivity index (χ1) is 24.0. The van der Waals surface area contributed by atoms with Gasteiger partial charge in [0.1, 0.15) is 42.5 Å². The first-order valence-corrected chi connectivity index (χ1v) is 18.4. The summed E-state index contributed by atoms with van der Waals surface area (Å²) in [7, 11) is 1.32. The van der Waals surface area contributed by atoms with Gasteiger partial charge >= 0.3 is 12.5 Å². The number of nitrogens with two attached hydrogens (primary N) is 1. The number of hydrogen-bond acceptors (Lipinski definition) is 16. The normalized spacial score (nSPS) is 26.3. The molecule has 6 rings (SSSR count). The quantitative estimate of drug-likeness (QED) is 0.120. The predicted molar refractivity (Wildman–Crippen MR) is 178 cm³/mol. The van der Waals surface area contributed by atoms with Crippen molar-refractivity contribution in [3.63, 3.8) is 0 Å². The van der Waals surface area contributed by atoms with Crippen LogP contribution in [0.5, 0.6) is 0 Å². The van der Waals surface area contributed by atoms with Crippen LogP contribution in [0.15, 0.2) is 58.8 Å². The average molecular weight is 735 g/mol. The number of hydrogen-bond donors (Lipinski definition) is 5. The average Bonchev–Trinajstić information content (AvgIpc) is 3.78. The lowest BCUT2D eigenvalue weighted by Gasteiger charge is -2.28. The molecule has 1 aromatic carbocycles. The number of nitrogen functional groups attached to an aromatic ring is 1. The zero-order valence-electron chi connectivity index (χ0n) is 26.7. The van der Waals surface area contributed by atoms with Crippen molar-refractivity contribution in [1.82, 2.24) is 29.1 Å². The largest absolute Gasteiger partial charge is 0.394 e. The van der Waals surface area contributed by atoms with Gasteiger partial charge in [-0.1, -0.05) is 12.1 Å².